The smallest absolute Gasteiger partial charge is 0.240 e. The first-order chi connectivity index (χ1) is 8.29. The molecule has 5 nitrogen and oxygen atoms in total. The summed E-state index contributed by atoms with van der Waals surface area (Å²) in [5.74, 6) is 1.98. The minimum Gasteiger partial charge on any atom is -0.338 e. The summed E-state index contributed by atoms with van der Waals surface area (Å²) in [6.07, 6.45) is 2.24. The monoisotopic (exact) mass is 238 g/mol. The second-order valence-electron chi connectivity index (χ2n) is 4.74. The molecule has 1 saturated heterocycles. The Bertz CT molecular complexity index is 331. The largest absolute Gasteiger partial charge is 0.338 e. The van der Waals surface area contributed by atoms with Gasteiger partial charge in [0, 0.05) is 19.0 Å². The van der Waals surface area contributed by atoms with Gasteiger partial charge in [-0.25, -0.2) is 0 Å². The van der Waals surface area contributed by atoms with Gasteiger partial charge in [-0.3, -0.25) is 4.90 Å². The molecular weight excluding hydrogens is 216 g/mol. The summed E-state index contributed by atoms with van der Waals surface area (Å²) in [5, 5.41) is 7.43. The van der Waals surface area contributed by atoms with E-state index in [2.05, 4.69) is 34.2 Å². The minimum atomic E-state index is 0.387. The van der Waals surface area contributed by atoms with Crippen molar-refractivity contribution in [3.63, 3.8) is 0 Å². The Morgan fingerprint density at radius 2 is 2.29 bits per heavy atom. The summed E-state index contributed by atoms with van der Waals surface area (Å²) < 4.78 is 5.31. The Balaban J connectivity index is 1.91. The Morgan fingerprint density at radius 1 is 1.41 bits per heavy atom. The zero-order chi connectivity index (χ0) is 12.1. The second kappa shape index (κ2) is 6.12. The van der Waals surface area contributed by atoms with Crippen LogP contribution in [0.1, 0.15) is 44.3 Å². The quantitative estimate of drug-likeness (QED) is 0.858. The van der Waals surface area contributed by atoms with E-state index in [1.54, 1.807) is 0 Å². The van der Waals surface area contributed by atoms with Crippen LogP contribution in [0.3, 0.4) is 0 Å². The predicted molar refractivity (Wildman–Crippen MR) is 65.8 cm³/mol. The third kappa shape index (κ3) is 3.51. The highest BCUT2D eigenvalue weighted by atomic mass is 16.5. The van der Waals surface area contributed by atoms with Crippen LogP contribution in [0.2, 0.25) is 0 Å². The van der Waals surface area contributed by atoms with E-state index in [-0.39, 0.29) is 0 Å². The van der Waals surface area contributed by atoms with Crippen LogP contribution in [0.25, 0.3) is 0 Å². The van der Waals surface area contributed by atoms with E-state index in [0.717, 1.165) is 50.9 Å². The molecule has 1 aromatic heterocycles. The fourth-order valence-corrected chi connectivity index (χ4v) is 1.97. The predicted octanol–water partition coefficient (Wildman–Crippen LogP) is 1.38. The first-order valence-electron chi connectivity index (χ1n) is 6.55. The fourth-order valence-electron chi connectivity index (χ4n) is 1.97. The van der Waals surface area contributed by atoms with Crippen LogP contribution in [-0.2, 0) is 6.54 Å². The lowest BCUT2D eigenvalue weighted by Gasteiger charge is -2.16. The van der Waals surface area contributed by atoms with Gasteiger partial charge in [0.2, 0.25) is 5.89 Å². The van der Waals surface area contributed by atoms with Crippen LogP contribution in [0.5, 0.6) is 0 Å². The first-order valence-corrected chi connectivity index (χ1v) is 6.55. The van der Waals surface area contributed by atoms with Crippen LogP contribution in [-0.4, -0.2) is 41.2 Å². The van der Waals surface area contributed by atoms with E-state index in [9.17, 15) is 0 Å². The molecule has 0 bridgehead atoms. The lowest BCUT2D eigenvalue weighted by Crippen LogP contribution is -2.27. The molecule has 1 N–H and O–H groups in total. The van der Waals surface area contributed by atoms with Gasteiger partial charge in [-0.15, -0.1) is 0 Å². The molecule has 0 radical (unpaired) electrons. The van der Waals surface area contributed by atoms with Gasteiger partial charge in [0.1, 0.15) is 0 Å². The zero-order valence-corrected chi connectivity index (χ0v) is 10.8. The van der Waals surface area contributed by atoms with Crippen LogP contribution < -0.4 is 5.32 Å². The van der Waals surface area contributed by atoms with Crippen molar-refractivity contribution in [3.8, 4) is 0 Å². The number of nitrogens with one attached hydrogen (secondary N) is 1. The number of hydrogen-bond donors (Lipinski definition) is 1. The molecule has 1 aliphatic rings. The molecular formula is C12H22N4O. The third-order valence-corrected chi connectivity index (χ3v) is 3.33. The molecule has 1 fully saturated rings. The molecule has 0 saturated carbocycles. The van der Waals surface area contributed by atoms with Crippen molar-refractivity contribution in [1.82, 2.24) is 20.4 Å². The topological polar surface area (TPSA) is 54.2 Å². The van der Waals surface area contributed by atoms with Gasteiger partial charge in [0.25, 0.3) is 0 Å². The number of rotatable bonds is 4. The van der Waals surface area contributed by atoms with Crippen LogP contribution >= 0.6 is 0 Å². The van der Waals surface area contributed by atoms with Crippen molar-refractivity contribution in [1.29, 1.82) is 0 Å². The van der Waals surface area contributed by atoms with Crippen LogP contribution in [0.15, 0.2) is 4.52 Å². The highest BCUT2D eigenvalue weighted by molar-refractivity contribution is 4.93. The number of hydrogen-bond acceptors (Lipinski definition) is 5. The van der Waals surface area contributed by atoms with Gasteiger partial charge in [-0.1, -0.05) is 19.0 Å². The summed E-state index contributed by atoms with van der Waals surface area (Å²) in [7, 11) is 0. The van der Waals surface area contributed by atoms with Crippen LogP contribution in [0, 0.1) is 0 Å². The molecule has 17 heavy (non-hydrogen) atoms. The fraction of sp³-hybridized carbons (Fsp3) is 0.833. The average molecular weight is 238 g/mol. The van der Waals surface area contributed by atoms with Gasteiger partial charge in [-0.05, 0) is 25.9 Å². The Labute approximate surface area is 103 Å². The molecule has 0 aromatic carbocycles. The summed E-state index contributed by atoms with van der Waals surface area (Å²) >= 11 is 0. The maximum Gasteiger partial charge on any atom is 0.240 e. The Kier molecular flexibility index (Phi) is 4.50. The minimum absolute atomic E-state index is 0.387. The summed E-state index contributed by atoms with van der Waals surface area (Å²) in [6.45, 7) is 9.37. The highest BCUT2D eigenvalue weighted by Crippen LogP contribution is 2.15. The number of aromatic nitrogens is 2. The van der Waals surface area contributed by atoms with Gasteiger partial charge in [0.05, 0.1) is 6.54 Å². The summed E-state index contributed by atoms with van der Waals surface area (Å²) in [4.78, 5) is 6.83. The molecule has 96 valence electrons. The van der Waals surface area contributed by atoms with Gasteiger partial charge in [-0.2, -0.15) is 4.98 Å². The van der Waals surface area contributed by atoms with Gasteiger partial charge in [0.15, 0.2) is 5.82 Å². The van der Waals surface area contributed by atoms with Crippen molar-refractivity contribution < 1.29 is 4.52 Å². The Hall–Kier alpha value is -0.940. The highest BCUT2D eigenvalue weighted by Gasteiger charge is 2.15. The van der Waals surface area contributed by atoms with E-state index in [4.69, 9.17) is 4.52 Å². The normalized spacial score (nSPS) is 20.1. The standard InChI is InChI=1S/C12H22N4O/c1-3-10(2)12-14-11(17-15-12)9-16-7-4-5-13-6-8-16/h10,13H,3-9H2,1-2H3. The second-order valence-corrected chi connectivity index (χ2v) is 4.74. The molecule has 2 rings (SSSR count). The van der Waals surface area contributed by atoms with E-state index in [1.807, 2.05) is 0 Å². The summed E-state index contributed by atoms with van der Waals surface area (Å²) in [5.41, 5.74) is 0. The van der Waals surface area contributed by atoms with E-state index in [0.29, 0.717) is 5.92 Å². The van der Waals surface area contributed by atoms with Crippen LogP contribution in [0.4, 0.5) is 0 Å². The van der Waals surface area contributed by atoms with Crippen molar-refractivity contribution in [3.05, 3.63) is 11.7 Å². The molecule has 2 heterocycles. The first kappa shape index (κ1) is 12.5. The van der Waals surface area contributed by atoms with Crippen molar-refractivity contribution in [2.45, 2.75) is 39.2 Å². The summed E-state index contributed by atoms with van der Waals surface area (Å²) in [6, 6.07) is 0. The molecule has 0 amide bonds. The molecule has 0 spiro atoms. The maximum atomic E-state index is 5.31. The van der Waals surface area contributed by atoms with E-state index in [1.165, 1.54) is 6.42 Å². The van der Waals surface area contributed by atoms with E-state index < -0.39 is 0 Å². The lowest BCUT2D eigenvalue weighted by molar-refractivity contribution is 0.238. The zero-order valence-electron chi connectivity index (χ0n) is 10.8. The van der Waals surface area contributed by atoms with Crippen molar-refractivity contribution in [2.75, 3.05) is 26.2 Å². The van der Waals surface area contributed by atoms with Gasteiger partial charge >= 0.3 is 0 Å². The molecule has 1 aromatic rings. The van der Waals surface area contributed by atoms with Gasteiger partial charge < -0.3 is 9.84 Å². The third-order valence-electron chi connectivity index (χ3n) is 3.33. The molecule has 1 aliphatic heterocycles. The van der Waals surface area contributed by atoms with E-state index >= 15 is 0 Å². The Morgan fingerprint density at radius 3 is 3.12 bits per heavy atom. The maximum absolute atomic E-state index is 5.31. The molecule has 5 heteroatoms. The SMILES string of the molecule is CCC(C)c1noc(CN2CCCNCC2)n1. The van der Waals surface area contributed by atoms with Crippen molar-refractivity contribution >= 4 is 0 Å². The average Bonchev–Trinajstić information content (AvgIpc) is 2.65. The lowest BCUT2D eigenvalue weighted by atomic mass is 10.1. The number of nitrogens with zero attached hydrogens (tertiary/aromatic N) is 3. The molecule has 1 atom stereocenters. The molecule has 1 unspecified atom stereocenters. The van der Waals surface area contributed by atoms with Crippen molar-refractivity contribution in [2.24, 2.45) is 0 Å². The molecule has 0 aliphatic carbocycles.